The highest BCUT2D eigenvalue weighted by molar-refractivity contribution is 6.87. The molecule has 44 heavy (non-hydrogen) atoms. The maximum Gasteiger partial charge on any atom is 0.138 e. The first-order valence-corrected chi connectivity index (χ1v) is 21.9. The molecule has 2 heterocycles. The summed E-state index contributed by atoms with van der Waals surface area (Å²) in [6, 6.07) is 30.5. The number of rotatable bonds is 6. The van der Waals surface area contributed by atoms with Crippen molar-refractivity contribution in [2.24, 2.45) is 14.1 Å². The first-order valence-electron chi connectivity index (χ1n) is 16.7. The van der Waals surface area contributed by atoms with Gasteiger partial charge in [0.1, 0.15) is 16.1 Å². The first-order chi connectivity index (χ1) is 21.3. The van der Waals surface area contributed by atoms with Gasteiger partial charge >= 0.3 is 0 Å². The van der Waals surface area contributed by atoms with E-state index in [1.807, 2.05) is 0 Å². The summed E-state index contributed by atoms with van der Waals surface area (Å²) < 4.78 is 4.57. The van der Waals surface area contributed by atoms with E-state index in [-0.39, 0.29) is 0 Å². The molecule has 2 aromatic heterocycles. The Morgan fingerprint density at radius 1 is 0.432 bits per heavy atom. The van der Waals surface area contributed by atoms with Crippen LogP contribution in [0.15, 0.2) is 60.7 Å². The van der Waals surface area contributed by atoms with Crippen molar-refractivity contribution in [2.45, 2.75) is 77.8 Å². The Hall–Kier alpha value is -3.71. The molecule has 0 saturated heterocycles. The van der Waals surface area contributed by atoms with Crippen LogP contribution in [0.1, 0.15) is 52.9 Å². The molecule has 0 amide bonds. The van der Waals surface area contributed by atoms with E-state index in [1.165, 1.54) is 90.4 Å². The van der Waals surface area contributed by atoms with Crippen LogP contribution >= 0.6 is 0 Å². The molecule has 0 unspecified atom stereocenters. The van der Waals surface area contributed by atoms with Crippen LogP contribution < -0.4 is 0 Å². The SMILES string of the molecule is CC[Si](C#Cc1cc2c3ccc4c(ccc5c4ccc4c5cc(C#C[Si](CC)(CC)CC)n4C)c3ccc2n1C)(CC)CC. The summed E-state index contributed by atoms with van der Waals surface area (Å²) in [6.45, 7) is 13.9. The van der Waals surface area contributed by atoms with E-state index in [0.717, 1.165) is 11.4 Å². The van der Waals surface area contributed by atoms with Crippen LogP contribution in [0.2, 0.25) is 36.3 Å². The van der Waals surface area contributed by atoms with Gasteiger partial charge in [-0.15, -0.1) is 11.1 Å². The van der Waals surface area contributed by atoms with Crippen LogP contribution in [-0.2, 0) is 14.1 Å². The number of hydrogen-bond acceptors (Lipinski definition) is 0. The molecule has 2 nitrogen and oxygen atoms in total. The third-order valence-corrected chi connectivity index (χ3v) is 20.6. The lowest BCUT2D eigenvalue weighted by molar-refractivity contribution is 0.951. The van der Waals surface area contributed by atoms with E-state index >= 15 is 0 Å². The number of aryl methyl sites for hydroxylation is 2. The maximum absolute atomic E-state index is 3.80. The van der Waals surface area contributed by atoms with Gasteiger partial charge in [0.05, 0.1) is 11.4 Å². The first kappa shape index (κ1) is 30.3. The van der Waals surface area contributed by atoms with Gasteiger partial charge in [-0.05, 0) is 92.8 Å². The number of fused-ring (bicyclic) bond motifs is 9. The Balaban J connectivity index is 1.50. The molecule has 0 saturated carbocycles. The fraction of sp³-hybridized carbons (Fsp3) is 0.350. The average molecular weight is 611 g/mol. The van der Waals surface area contributed by atoms with Gasteiger partial charge in [-0.1, -0.05) is 89.8 Å². The Labute approximate surface area is 265 Å². The summed E-state index contributed by atoms with van der Waals surface area (Å²) >= 11 is 0. The number of nitrogens with zero attached hydrogens (tertiary/aromatic N) is 2. The van der Waals surface area contributed by atoms with E-state index in [1.54, 1.807) is 0 Å². The summed E-state index contributed by atoms with van der Waals surface area (Å²) in [4.78, 5) is 0. The highest BCUT2D eigenvalue weighted by Gasteiger charge is 2.25. The molecule has 0 radical (unpaired) electrons. The molecule has 0 N–H and O–H groups in total. The zero-order valence-corrected chi connectivity index (χ0v) is 29.9. The van der Waals surface area contributed by atoms with Gasteiger partial charge in [0, 0.05) is 35.9 Å². The third-order valence-electron chi connectivity index (χ3n) is 11.2. The lowest BCUT2D eigenvalue weighted by Gasteiger charge is -2.19. The summed E-state index contributed by atoms with van der Waals surface area (Å²) in [5.74, 6) is 7.28. The van der Waals surface area contributed by atoms with E-state index in [4.69, 9.17) is 0 Å². The topological polar surface area (TPSA) is 9.86 Å². The molecule has 6 aromatic rings. The van der Waals surface area contributed by atoms with Gasteiger partial charge in [0.2, 0.25) is 0 Å². The lowest BCUT2D eigenvalue weighted by atomic mass is 9.94. The Kier molecular flexibility index (Phi) is 8.04. The summed E-state index contributed by atoms with van der Waals surface area (Å²) in [6.07, 6.45) is 0. The molecule has 0 atom stereocenters. The Morgan fingerprint density at radius 3 is 1.00 bits per heavy atom. The van der Waals surface area contributed by atoms with Gasteiger partial charge in [-0.3, -0.25) is 0 Å². The van der Waals surface area contributed by atoms with Crippen LogP contribution in [0.4, 0.5) is 0 Å². The molecular formula is C40H46N2Si2. The van der Waals surface area contributed by atoms with Crippen molar-refractivity contribution >= 4 is 70.3 Å². The van der Waals surface area contributed by atoms with Crippen LogP contribution in [0.25, 0.3) is 54.1 Å². The molecule has 224 valence electrons. The fourth-order valence-electron chi connectivity index (χ4n) is 7.34. The summed E-state index contributed by atoms with van der Waals surface area (Å²) in [5.41, 5.74) is 12.4. The van der Waals surface area contributed by atoms with Gasteiger partial charge in [-0.2, -0.15) is 0 Å². The van der Waals surface area contributed by atoms with E-state index < -0.39 is 16.1 Å². The van der Waals surface area contributed by atoms with Crippen molar-refractivity contribution in [1.82, 2.24) is 9.13 Å². The van der Waals surface area contributed by atoms with Gasteiger partial charge in [-0.25, -0.2) is 0 Å². The molecule has 4 heteroatoms. The number of benzene rings is 4. The molecule has 0 spiro atoms. The predicted octanol–water partition coefficient (Wildman–Crippen LogP) is 10.9. The standard InChI is InChI=1S/C40H46N2Si2/c1-9-43(10-2,11-3)25-23-29-27-37-35-17-15-32-31(33(35)19-21-39(37)41(29)7)16-18-36-34(32)20-22-40-38(36)28-30(42(40)8)24-26-44(12-4,13-5)14-6/h15-22,27-28H,9-14H2,1-8H3. The fourth-order valence-corrected chi connectivity index (χ4v) is 12.2. The van der Waals surface area contributed by atoms with Crippen LogP contribution in [-0.4, -0.2) is 25.3 Å². The summed E-state index contributed by atoms with van der Waals surface area (Å²) in [5, 5.41) is 10.4. The second-order valence-electron chi connectivity index (χ2n) is 12.8. The minimum atomic E-state index is -1.51. The molecular weight excluding hydrogens is 565 g/mol. The Morgan fingerprint density at radius 2 is 0.705 bits per heavy atom. The van der Waals surface area contributed by atoms with E-state index in [0.29, 0.717) is 0 Å². The largest absolute Gasteiger partial charge is 0.337 e. The van der Waals surface area contributed by atoms with E-state index in [2.05, 4.69) is 148 Å². The number of aromatic nitrogens is 2. The van der Waals surface area contributed by atoms with Crippen molar-refractivity contribution in [2.75, 3.05) is 0 Å². The van der Waals surface area contributed by atoms with Gasteiger partial charge in [0.15, 0.2) is 0 Å². The van der Waals surface area contributed by atoms with Crippen LogP contribution in [0, 0.1) is 22.9 Å². The lowest BCUT2D eigenvalue weighted by Crippen LogP contribution is -2.29. The second kappa shape index (κ2) is 11.7. The van der Waals surface area contributed by atoms with Crippen molar-refractivity contribution < 1.29 is 0 Å². The minimum Gasteiger partial charge on any atom is -0.337 e. The third kappa shape index (κ3) is 4.71. The van der Waals surface area contributed by atoms with Gasteiger partial charge in [0.25, 0.3) is 0 Å². The number of hydrogen-bond donors (Lipinski definition) is 0. The molecule has 0 fully saturated rings. The normalized spacial score (nSPS) is 12.3. The van der Waals surface area contributed by atoms with Crippen molar-refractivity contribution in [3.05, 3.63) is 72.1 Å². The van der Waals surface area contributed by atoms with E-state index in [9.17, 15) is 0 Å². The smallest absolute Gasteiger partial charge is 0.138 e. The summed E-state index contributed by atoms with van der Waals surface area (Å²) in [7, 11) is 1.31. The molecule has 0 aliphatic rings. The van der Waals surface area contributed by atoms with Gasteiger partial charge < -0.3 is 9.13 Å². The zero-order chi connectivity index (χ0) is 31.2. The van der Waals surface area contributed by atoms with Crippen LogP contribution in [0.3, 0.4) is 0 Å². The Bertz CT molecular complexity index is 2010. The minimum absolute atomic E-state index is 1.13. The highest BCUT2D eigenvalue weighted by Crippen LogP contribution is 2.38. The van der Waals surface area contributed by atoms with Crippen molar-refractivity contribution in [3.8, 4) is 22.9 Å². The molecule has 0 aliphatic heterocycles. The molecule has 0 aliphatic carbocycles. The highest BCUT2D eigenvalue weighted by atomic mass is 28.3. The van der Waals surface area contributed by atoms with Crippen molar-refractivity contribution in [3.63, 3.8) is 0 Å². The predicted molar refractivity (Wildman–Crippen MR) is 200 cm³/mol. The quantitative estimate of drug-likeness (QED) is 0.101. The van der Waals surface area contributed by atoms with Crippen molar-refractivity contribution in [1.29, 1.82) is 0 Å². The molecule has 6 rings (SSSR count). The van der Waals surface area contributed by atoms with Crippen LogP contribution in [0.5, 0.6) is 0 Å². The zero-order valence-electron chi connectivity index (χ0n) is 27.9. The second-order valence-corrected chi connectivity index (χ2v) is 22.6. The average Bonchev–Trinajstić information content (AvgIpc) is 3.58. The molecule has 4 aromatic carbocycles. The molecule has 0 bridgehead atoms. The monoisotopic (exact) mass is 610 g/mol. The maximum atomic E-state index is 3.80.